The van der Waals surface area contributed by atoms with Crippen molar-refractivity contribution < 1.29 is 4.74 Å². The van der Waals surface area contributed by atoms with E-state index in [0.29, 0.717) is 13.2 Å². The predicted octanol–water partition coefficient (Wildman–Crippen LogP) is 2.80. The minimum absolute atomic E-state index is 0.520. The third-order valence-corrected chi connectivity index (χ3v) is 1.80. The normalized spacial score (nSPS) is 10.0. The van der Waals surface area contributed by atoms with Crippen LogP contribution in [-0.4, -0.2) is 6.61 Å². The quantitative estimate of drug-likeness (QED) is 0.751. The second-order valence-corrected chi connectivity index (χ2v) is 3.10. The molecular weight excluding hydrogens is 204 g/mol. The number of benzene rings is 1. The van der Waals surface area contributed by atoms with Crippen LogP contribution in [0.4, 0.5) is 0 Å². The Bertz CT molecular complexity index is 223. The summed E-state index contributed by atoms with van der Waals surface area (Å²) in [6.07, 6.45) is 0. The van der Waals surface area contributed by atoms with Crippen LogP contribution in [0.1, 0.15) is 5.56 Å². The van der Waals surface area contributed by atoms with Gasteiger partial charge in [-0.2, -0.15) is 0 Å². The Hall–Kier alpha value is -0.340. The zero-order valence-corrected chi connectivity index (χ0v) is 7.80. The Kier molecular flexibility index (Phi) is 3.60. The Labute approximate surface area is 75.5 Å². The third-order valence-electron chi connectivity index (χ3n) is 1.30. The summed E-state index contributed by atoms with van der Waals surface area (Å²) in [6, 6.07) is 8.05. The Morgan fingerprint density at radius 3 is 2.91 bits per heavy atom. The van der Waals surface area contributed by atoms with Gasteiger partial charge in [-0.25, -0.2) is 0 Å². The Morgan fingerprint density at radius 1 is 1.45 bits per heavy atom. The summed E-state index contributed by atoms with van der Waals surface area (Å²) in [5.74, 6) is 0. The van der Waals surface area contributed by atoms with Crippen LogP contribution in [0.2, 0.25) is 0 Å². The van der Waals surface area contributed by atoms with E-state index in [9.17, 15) is 0 Å². The average Bonchev–Trinajstić information content (AvgIpc) is 2.01. The highest BCUT2D eigenvalue weighted by Gasteiger charge is 1.91. The molecule has 0 aromatic heterocycles. The van der Waals surface area contributed by atoms with Gasteiger partial charge in [0.2, 0.25) is 0 Å². The first-order valence-corrected chi connectivity index (χ1v) is 4.23. The van der Waals surface area contributed by atoms with Gasteiger partial charge < -0.3 is 4.74 Å². The van der Waals surface area contributed by atoms with E-state index in [4.69, 9.17) is 4.74 Å². The molecule has 59 valence electrons. The van der Waals surface area contributed by atoms with Gasteiger partial charge >= 0.3 is 0 Å². The van der Waals surface area contributed by atoms with Crippen LogP contribution in [-0.2, 0) is 11.3 Å². The van der Waals surface area contributed by atoms with Gasteiger partial charge in [0.25, 0.3) is 0 Å². The second-order valence-electron chi connectivity index (χ2n) is 2.18. The molecule has 0 heterocycles. The first kappa shape index (κ1) is 8.75. The molecule has 0 saturated carbocycles. The molecule has 1 rings (SSSR count). The van der Waals surface area contributed by atoms with Gasteiger partial charge in [-0.1, -0.05) is 28.1 Å². The monoisotopic (exact) mass is 213 g/mol. The van der Waals surface area contributed by atoms with Crippen LogP contribution >= 0.6 is 15.9 Å². The summed E-state index contributed by atoms with van der Waals surface area (Å²) < 4.78 is 6.23. The van der Waals surface area contributed by atoms with Crippen molar-refractivity contribution in [1.82, 2.24) is 0 Å². The lowest BCUT2D eigenvalue weighted by Gasteiger charge is -2.00. The van der Waals surface area contributed by atoms with Crippen molar-refractivity contribution in [2.75, 3.05) is 6.61 Å². The van der Waals surface area contributed by atoms with Crippen LogP contribution < -0.4 is 0 Å². The van der Waals surface area contributed by atoms with Crippen LogP contribution in [0.25, 0.3) is 0 Å². The molecular formula is C9H10BrO. The summed E-state index contributed by atoms with van der Waals surface area (Å²) in [6.45, 7) is 4.75. The maximum absolute atomic E-state index is 5.14. The lowest BCUT2D eigenvalue weighted by Crippen LogP contribution is -1.90. The topological polar surface area (TPSA) is 9.23 Å². The summed E-state index contributed by atoms with van der Waals surface area (Å²) in [7, 11) is 0. The predicted molar refractivity (Wildman–Crippen MR) is 49.2 cm³/mol. The molecule has 1 aromatic rings. The number of halogens is 1. The fourth-order valence-electron chi connectivity index (χ4n) is 0.817. The molecule has 0 spiro atoms. The van der Waals surface area contributed by atoms with Gasteiger partial charge in [0, 0.05) is 11.1 Å². The van der Waals surface area contributed by atoms with Crippen molar-refractivity contribution in [3.8, 4) is 0 Å². The minimum Gasteiger partial charge on any atom is -0.377 e. The smallest absolute Gasteiger partial charge is 0.0717 e. The van der Waals surface area contributed by atoms with Crippen LogP contribution in [0.15, 0.2) is 28.7 Å². The molecule has 0 amide bonds. The van der Waals surface area contributed by atoms with Gasteiger partial charge in [0.1, 0.15) is 0 Å². The summed E-state index contributed by atoms with van der Waals surface area (Å²) >= 11 is 3.38. The molecule has 0 fully saturated rings. The maximum atomic E-state index is 5.14. The lowest BCUT2D eigenvalue weighted by molar-refractivity contribution is 0.147. The van der Waals surface area contributed by atoms with Crippen LogP contribution in [0, 0.1) is 6.92 Å². The Balaban J connectivity index is 2.56. The van der Waals surface area contributed by atoms with E-state index in [1.54, 1.807) is 0 Å². The van der Waals surface area contributed by atoms with Gasteiger partial charge in [-0.05, 0) is 24.6 Å². The molecule has 0 N–H and O–H groups in total. The van der Waals surface area contributed by atoms with Crippen molar-refractivity contribution >= 4 is 15.9 Å². The second kappa shape index (κ2) is 4.52. The zero-order chi connectivity index (χ0) is 8.10. The minimum atomic E-state index is 0.520. The third kappa shape index (κ3) is 3.04. The highest BCUT2D eigenvalue weighted by molar-refractivity contribution is 9.10. The van der Waals surface area contributed by atoms with E-state index < -0.39 is 0 Å². The molecule has 1 radical (unpaired) electrons. The van der Waals surface area contributed by atoms with Crippen molar-refractivity contribution in [2.24, 2.45) is 0 Å². The van der Waals surface area contributed by atoms with E-state index in [0.717, 1.165) is 4.47 Å². The molecule has 0 aliphatic heterocycles. The van der Waals surface area contributed by atoms with E-state index in [2.05, 4.69) is 22.9 Å². The molecule has 0 unspecified atom stereocenters. The fraction of sp³-hybridized carbons (Fsp3) is 0.222. The number of ether oxygens (including phenoxy) is 1. The van der Waals surface area contributed by atoms with Crippen molar-refractivity contribution in [3.63, 3.8) is 0 Å². The van der Waals surface area contributed by atoms with Gasteiger partial charge in [-0.3, -0.25) is 0 Å². The highest BCUT2D eigenvalue weighted by Crippen LogP contribution is 2.11. The SMILES string of the molecule is [CH2]COCc1cccc(Br)c1. The average molecular weight is 214 g/mol. The van der Waals surface area contributed by atoms with E-state index in [1.165, 1.54) is 5.56 Å². The summed E-state index contributed by atoms with van der Waals surface area (Å²) in [5, 5.41) is 0. The zero-order valence-electron chi connectivity index (χ0n) is 6.22. The van der Waals surface area contributed by atoms with Gasteiger partial charge in [0.05, 0.1) is 6.61 Å². The van der Waals surface area contributed by atoms with Crippen LogP contribution in [0.5, 0.6) is 0 Å². The highest BCUT2D eigenvalue weighted by atomic mass is 79.9. The van der Waals surface area contributed by atoms with Crippen molar-refractivity contribution in [2.45, 2.75) is 6.61 Å². The van der Waals surface area contributed by atoms with E-state index in [1.807, 2.05) is 24.3 Å². The summed E-state index contributed by atoms with van der Waals surface area (Å²) in [5.41, 5.74) is 1.17. The van der Waals surface area contributed by atoms with Gasteiger partial charge in [0.15, 0.2) is 0 Å². The van der Waals surface area contributed by atoms with Crippen molar-refractivity contribution in [3.05, 3.63) is 41.2 Å². The van der Waals surface area contributed by atoms with Gasteiger partial charge in [-0.15, -0.1) is 0 Å². The number of rotatable bonds is 3. The molecule has 0 bridgehead atoms. The molecule has 0 aliphatic carbocycles. The molecule has 1 nitrogen and oxygen atoms in total. The largest absolute Gasteiger partial charge is 0.377 e. The van der Waals surface area contributed by atoms with Crippen molar-refractivity contribution in [1.29, 1.82) is 0 Å². The molecule has 0 saturated heterocycles. The van der Waals surface area contributed by atoms with E-state index >= 15 is 0 Å². The Morgan fingerprint density at radius 2 is 2.27 bits per heavy atom. The standard InChI is InChI=1S/C9H10BrO/c1-2-11-7-8-4-3-5-9(10)6-8/h3-6H,1-2,7H2. The van der Waals surface area contributed by atoms with Crippen LogP contribution in [0.3, 0.4) is 0 Å². The molecule has 0 atom stereocenters. The molecule has 2 heteroatoms. The fourth-order valence-corrected chi connectivity index (χ4v) is 1.26. The first-order chi connectivity index (χ1) is 5.33. The summed E-state index contributed by atoms with van der Waals surface area (Å²) in [4.78, 5) is 0. The number of hydrogen-bond donors (Lipinski definition) is 0. The number of hydrogen-bond acceptors (Lipinski definition) is 1. The molecule has 11 heavy (non-hydrogen) atoms. The lowest BCUT2D eigenvalue weighted by atomic mass is 10.2. The molecule has 1 aromatic carbocycles. The van der Waals surface area contributed by atoms with E-state index in [-0.39, 0.29) is 0 Å². The molecule has 0 aliphatic rings. The first-order valence-electron chi connectivity index (χ1n) is 3.44. The maximum Gasteiger partial charge on any atom is 0.0717 e.